The third kappa shape index (κ3) is 4.92. The molecule has 2 amide bonds. The predicted octanol–water partition coefficient (Wildman–Crippen LogP) is 0.805. The Bertz CT molecular complexity index is 445. The van der Waals surface area contributed by atoms with Crippen LogP contribution in [0.5, 0.6) is 0 Å². The van der Waals surface area contributed by atoms with Crippen molar-refractivity contribution in [3.63, 3.8) is 0 Å². The van der Waals surface area contributed by atoms with E-state index in [0.29, 0.717) is 12.2 Å². The highest BCUT2D eigenvalue weighted by atomic mass is 16.4. The second kappa shape index (κ2) is 6.69. The Morgan fingerprint density at radius 2 is 1.95 bits per heavy atom. The lowest BCUT2D eigenvalue weighted by atomic mass is 10.3. The van der Waals surface area contributed by atoms with Crippen LogP contribution < -0.4 is 5.32 Å². The molecule has 0 atom stereocenters. The zero-order chi connectivity index (χ0) is 14.4. The highest BCUT2D eigenvalue weighted by molar-refractivity contribution is 5.90. The van der Waals surface area contributed by atoms with Gasteiger partial charge in [-0.25, -0.2) is 14.6 Å². The minimum Gasteiger partial charge on any atom is -0.477 e. The summed E-state index contributed by atoms with van der Waals surface area (Å²) in [7, 11) is 5.55. The summed E-state index contributed by atoms with van der Waals surface area (Å²) in [4.78, 5) is 29.7. The molecule has 2 N–H and O–H groups in total. The molecule has 104 valence electrons. The Morgan fingerprint density at radius 3 is 2.42 bits per heavy atom. The van der Waals surface area contributed by atoms with E-state index in [2.05, 4.69) is 10.3 Å². The van der Waals surface area contributed by atoms with Crippen LogP contribution in [-0.4, -0.2) is 66.1 Å². The molecule has 0 aliphatic rings. The SMILES string of the molecule is CN(C)CCN(C)C(=O)Nc1ccc(C(=O)O)nc1. The fourth-order valence-electron chi connectivity index (χ4n) is 1.26. The van der Waals surface area contributed by atoms with Crippen LogP contribution in [0.3, 0.4) is 0 Å². The molecule has 0 aromatic carbocycles. The van der Waals surface area contributed by atoms with Crippen molar-refractivity contribution in [3.05, 3.63) is 24.0 Å². The quantitative estimate of drug-likeness (QED) is 0.823. The number of aromatic nitrogens is 1. The fourth-order valence-corrected chi connectivity index (χ4v) is 1.26. The minimum absolute atomic E-state index is 0.0565. The summed E-state index contributed by atoms with van der Waals surface area (Å²) >= 11 is 0. The van der Waals surface area contributed by atoms with E-state index in [9.17, 15) is 9.59 Å². The number of rotatable bonds is 5. The second-order valence-electron chi connectivity index (χ2n) is 4.39. The molecule has 0 saturated heterocycles. The molecule has 0 spiro atoms. The van der Waals surface area contributed by atoms with Crippen LogP contribution in [0.4, 0.5) is 10.5 Å². The summed E-state index contributed by atoms with van der Waals surface area (Å²) in [5, 5.41) is 11.3. The maximum atomic E-state index is 11.8. The van der Waals surface area contributed by atoms with Gasteiger partial charge >= 0.3 is 12.0 Å². The first-order valence-electron chi connectivity index (χ1n) is 5.76. The molecular formula is C12H18N4O3. The van der Waals surface area contributed by atoms with Crippen molar-refractivity contribution in [2.24, 2.45) is 0 Å². The Labute approximate surface area is 111 Å². The van der Waals surface area contributed by atoms with E-state index >= 15 is 0 Å². The van der Waals surface area contributed by atoms with E-state index in [1.54, 1.807) is 11.9 Å². The molecule has 0 aliphatic heterocycles. The number of nitrogens with zero attached hydrogens (tertiary/aromatic N) is 3. The molecule has 1 heterocycles. The van der Waals surface area contributed by atoms with Crippen LogP contribution in [-0.2, 0) is 0 Å². The first-order chi connectivity index (χ1) is 8.90. The van der Waals surface area contributed by atoms with Crippen LogP contribution in [0.25, 0.3) is 0 Å². The highest BCUT2D eigenvalue weighted by Gasteiger charge is 2.10. The maximum Gasteiger partial charge on any atom is 0.354 e. The number of pyridine rings is 1. The Hall–Kier alpha value is -2.15. The Kier molecular flexibility index (Phi) is 5.25. The molecule has 0 aliphatic carbocycles. The van der Waals surface area contributed by atoms with Crippen molar-refractivity contribution < 1.29 is 14.7 Å². The summed E-state index contributed by atoms with van der Waals surface area (Å²) in [5.41, 5.74) is 0.408. The average Bonchev–Trinajstić information content (AvgIpc) is 2.36. The minimum atomic E-state index is -1.10. The number of likely N-dealkylation sites (N-methyl/N-ethyl adjacent to an activating group) is 2. The van der Waals surface area contributed by atoms with Crippen LogP contribution in [0, 0.1) is 0 Å². The zero-order valence-electron chi connectivity index (χ0n) is 11.3. The van der Waals surface area contributed by atoms with Gasteiger partial charge < -0.3 is 20.2 Å². The number of nitrogens with one attached hydrogen (secondary N) is 1. The Balaban J connectivity index is 2.54. The van der Waals surface area contributed by atoms with Crippen molar-refractivity contribution >= 4 is 17.7 Å². The molecule has 0 bridgehead atoms. The van der Waals surface area contributed by atoms with Crippen molar-refractivity contribution in [2.75, 3.05) is 39.5 Å². The second-order valence-corrected chi connectivity index (χ2v) is 4.39. The van der Waals surface area contributed by atoms with Crippen molar-refractivity contribution in [3.8, 4) is 0 Å². The van der Waals surface area contributed by atoms with Gasteiger partial charge in [-0.3, -0.25) is 0 Å². The number of urea groups is 1. The van der Waals surface area contributed by atoms with E-state index in [0.717, 1.165) is 6.54 Å². The third-order valence-corrected chi connectivity index (χ3v) is 2.46. The van der Waals surface area contributed by atoms with Crippen molar-refractivity contribution in [2.45, 2.75) is 0 Å². The van der Waals surface area contributed by atoms with Gasteiger partial charge in [0.05, 0.1) is 11.9 Å². The van der Waals surface area contributed by atoms with E-state index in [-0.39, 0.29) is 11.7 Å². The van der Waals surface area contributed by atoms with E-state index < -0.39 is 5.97 Å². The van der Waals surface area contributed by atoms with Gasteiger partial charge in [0.25, 0.3) is 0 Å². The number of amides is 2. The summed E-state index contributed by atoms with van der Waals surface area (Å²) in [6, 6.07) is 2.60. The molecule has 1 rings (SSSR count). The lowest BCUT2D eigenvalue weighted by Gasteiger charge is -2.20. The molecule has 0 radical (unpaired) electrons. The van der Waals surface area contributed by atoms with Gasteiger partial charge in [-0.1, -0.05) is 0 Å². The van der Waals surface area contributed by atoms with E-state index in [1.807, 2.05) is 19.0 Å². The number of aromatic carboxylic acids is 1. The molecular weight excluding hydrogens is 248 g/mol. The van der Waals surface area contributed by atoms with Crippen LogP contribution in [0.2, 0.25) is 0 Å². The summed E-state index contributed by atoms with van der Waals surface area (Å²) in [6.45, 7) is 1.36. The fraction of sp³-hybridized carbons (Fsp3) is 0.417. The molecule has 0 fully saturated rings. The molecule has 0 unspecified atom stereocenters. The summed E-state index contributed by atoms with van der Waals surface area (Å²) in [6.07, 6.45) is 1.32. The smallest absolute Gasteiger partial charge is 0.354 e. The number of carboxylic acids is 1. The van der Waals surface area contributed by atoms with E-state index in [4.69, 9.17) is 5.11 Å². The van der Waals surface area contributed by atoms with Gasteiger partial charge in [0.15, 0.2) is 0 Å². The topological polar surface area (TPSA) is 85.8 Å². The van der Waals surface area contributed by atoms with Gasteiger partial charge in [-0.2, -0.15) is 0 Å². The first-order valence-corrected chi connectivity index (χ1v) is 5.76. The molecule has 7 nitrogen and oxygen atoms in total. The van der Waals surface area contributed by atoms with Crippen LogP contribution >= 0.6 is 0 Å². The predicted molar refractivity (Wildman–Crippen MR) is 71.4 cm³/mol. The molecule has 1 aromatic rings. The van der Waals surface area contributed by atoms with E-state index in [1.165, 1.54) is 18.3 Å². The monoisotopic (exact) mass is 266 g/mol. The largest absolute Gasteiger partial charge is 0.477 e. The Morgan fingerprint density at radius 1 is 1.26 bits per heavy atom. The summed E-state index contributed by atoms with van der Waals surface area (Å²) in [5.74, 6) is -1.10. The molecule has 7 heteroatoms. The zero-order valence-corrected chi connectivity index (χ0v) is 11.3. The first kappa shape index (κ1) is 14.9. The van der Waals surface area contributed by atoms with Crippen molar-refractivity contribution in [1.29, 1.82) is 0 Å². The van der Waals surface area contributed by atoms with Gasteiger partial charge in [0, 0.05) is 20.1 Å². The van der Waals surface area contributed by atoms with Gasteiger partial charge in [-0.05, 0) is 26.2 Å². The lowest BCUT2D eigenvalue weighted by molar-refractivity contribution is 0.0690. The van der Waals surface area contributed by atoms with Gasteiger partial charge in [0.2, 0.25) is 0 Å². The van der Waals surface area contributed by atoms with Gasteiger partial charge in [0.1, 0.15) is 5.69 Å². The maximum absolute atomic E-state index is 11.8. The number of carbonyl (C=O) groups is 2. The standard InChI is InChI=1S/C12H18N4O3/c1-15(2)6-7-16(3)12(19)14-9-4-5-10(11(17)18)13-8-9/h4-5,8H,6-7H2,1-3H3,(H,14,19)(H,17,18). The number of carbonyl (C=O) groups excluding carboxylic acids is 1. The van der Waals surface area contributed by atoms with Gasteiger partial charge in [-0.15, -0.1) is 0 Å². The number of anilines is 1. The van der Waals surface area contributed by atoms with Crippen molar-refractivity contribution in [1.82, 2.24) is 14.8 Å². The number of hydrogen-bond donors (Lipinski definition) is 2. The molecule has 19 heavy (non-hydrogen) atoms. The summed E-state index contributed by atoms with van der Waals surface area (Å²) < 4.78 is 0. The molecule has 0 saturated carbocycles. The normalized spacial score (nSPS) is 10.3. The molecule has 1 aromatic heterocycles. The lowest BCUT2D eigenvalue weighted by Crippen LogP contribution is -2.36. The highest BCUT2D eigenvalue weighted by Crippen LogP contribution is 2.07. The average molecular weight is 266 g/mol. The number of hydrogen-bond acceptors (Lipinski definition) is 4. The third-order valence-electron chi connectivity index (χ3n) is 2.46. The van der Waals surface area contributed by atoms with Crippen LogP contribution in [0.15, 0.2) is 18.3 Å². The van der Waals surface area contributed by atoms with Crippen LogP contribution in [0.1, 0.15) is 10.5 Å². The number of carboxylic acid groups (broad SMARTS) is 1.